The smallest absolute Gasteiger partial charge is 0.146 e. The van der Waals surface area contributed by atoms with Crippen molar-refractivity contribution < 1.29 is 0 Å². The summed E-state index contributed by atoms with van der Waals surface area (Å²) in [5.74, 6) is 1.77. The van der Waals surface area contributed by atoms with Crippen LogP contribution in [0.15, 0.2) is 17.0 Å². The largest absolute Gasteiger partial charge is 0.355 e. The zero-order valence-electron chi connectivity index (χ0n) is 10.1. The maximum absolute atomic E-state index is 4.34. The van der Waals surface area contributed by atoms with Crippen LogP contribution in [0.5, 0.6) is 0 Å². The van der Waals surface area contributed by atoms with Crippen LogP contribution in [0.3, 0.4) is 0 Å². The van der Waals surface area contributed by atoms with Gasteiger partial charge in [0.1, 0.15) is 12.1 Å². The highest BCUT2D eigenvalue weighted by molar-refractivity contribution is 9.10. The van der Waals surface area contributed by atoms with Gasteiger partial charge in [-0.25, -0.2) is 9.97 Å². The second-order valence-electron chi connectivity index (χ2n) is 5.49. The molecule has 0 N–H and O–H groups in total. The lowest BCUT2D eigenvalue weighted by Crippen LogP contribution is -2.26. The Bertz CT molecular complexity index is 373. The zero-order chi connectivity index (χ0) is 11.8. The molecule has 0 aliphatic carbocycles. The van der Waals surface area contributed by atoms with Crippen LogP contribution in [0.4, 0.5) is 5.82 Å². The lowest BCUT2D eigenvalue weighted by atomic mass is 9.80. The molecule has 88 valence electrons. The van der Waals surface area contributed by atoms with Crippen molar-refractivity contribution in [3.05, 3.63) is 17.0 Å². The van der Waals surface area contributed by atoms with Crippen molar-refractivity contribution in [3.63, 3.8) is 0 Å². The van der Waals surface area contributed by atoms with Crippen LogP contribution < -0.4 is 4.90 Å². The Morgan fingerprint density at radius 3 is 2.75 bits per heavy atom. The number of rotatable bonds is 1. The number of halogens is 1. The van der Waals surface area contributed by atoms with Crippen molar-refractivity contribution in [2.75, 3.05) is 18.0 Å². The third-order valence-electron chi connectivity index (χ3n) is 3.36. The Morgan fingerprint density at radius 2 is 2.19 bits per heavy atom. The number of aromatic nitrogens is 2. The summed E-state index contributed by atoms with van der Waals surface area (Å²) in [5, 5.41) is 0. The first-order valence-electron chi connectivity index (χ1n) is 5.69. The van der Waals surface area contributed by atoms with Gasteiger partial charge in [0.25, 0.3) is 0 Å². The van der Waals surface area contributed by atoms with Gasteiger partial charge in [0.2, 0.25) is 0 Å². The quantitative estimate of drug-likeness (QED) is 0.793. The van der Waals surface area contributed by atoms with Gasteiger partial charge >= 0.3 is 0 Å². The van der Waals surface area contributed by atoms with Crippen LogP contribution in [-0.4, -0.2) is 23.1 Å². The van der Waals surface area contributed by atoms with Gasteiger partial charge in [-0.15, -0.1) is 0 Å². The molecule has 0 saturated carbocycles. The SMILES string of the molecule is CC(C)(C)C1CCN(c2ncncc2Br)C1. The summed E-state index contributed by atoms with van der Waals surface area (Å²) in [5.41, 5.74) is 0.383. The zero-order valence-corrected chi connectivity index (χ0v) is 11.7. The molecule has 1 aliphatic heterocycles. The first-order chi connectivity index (χ1) is 7.48. The van der Waals surface area contributed by atoms with E-state index in [1.54, 1.807) is 6.33 Å². The molecule has 0 spiro atoms. The Labute approximate surface area is 105 Å². The Hall–Kier alpha value is -0.640. The van der Waals surface area contributed by atoms with Crippen molar-refractivity contribution in [2.45, 2.75) is 27.2 Å². The van der Waals surface area contributed by atoms with Crippen molar-refractivity contribution in [3.8, 4) is 0 Å². The molecule has 0 amide bonds. The number of nitrogens with zero attached hydrogens (tertiary/aromatic N) is 3. The number of hydrogen-bond acceptors (Lipinski definition) is 3. The van der Waals surface area contributed by atoms with Gasteiger partial charge in [0.15, 0.2) is 0 Å². The molecular formula is C12H18BrN3. The Morgan fingerprint density at radius 1 is 1.44 bits per heavy atom. The first kappa shape index (κ1) is 11.8. The third-order valence-corrected chi connectivity index (χ3v) is 3.92. The standard InChI is InChI=1S/C12H18BrN3/c1-12(2,3)9-4-5-16(7-9)11-10(13)6-14-8-15-11/h6,8-9H,4-5,7H2,1-3H3. The van der Waals surface area contributed by atoms with Gasteiger partial charge in [-0.1, -0.05) is 20.8 Å². The predicted molar refractivity (Wildman–Crippen MR) is 69.5 cm³/mol. The molecule has 1 unspecified atom stereocenters. The Kier molecular flexibility index (Phi) is 3.19. The van der Waals surface area contributed by atoms with Crippen LogP contribution in [0.25, 0.3) is 0 Å². The van der Waals surface area contributed by atoms with Crippen molar-refractivity contribution in [1.82, 2.24) is 9.97 Å². The van der Waals surface area contributed by atoms with E-state index >= 15 is 0 Å². The average Bonchev–Trinajstić information content (AvgIpc) is 2.66. The van der Waals surface area contributed by atoms with Gasteiger partial charge in [0, 0.05) is 19.3 Å². The summed E-state index contributed by atoms with van der Waals surface area (Å²) in [4.78, 5) is 10.7. The van der Waals surface area contributed by atoms with Gasteiger partial charge < -0.3 is 4.90 Å². The van der Waals surface area contributed by atoms with Crippen LogP contribution in [0, 0.1) is 11.3 Å². The fourth-order valence-electron chi connectivity index (χ4n) is 2.20. The fraction of sp³-hybridized carbons (Fsp3) is 0.667. The molecule has 2 rings (SSSR count). The van der Waals surface area contributed by atoms with Gasteiger partial charge in [0.05, 0.1) is 4.47 Å². The molecule has 0 aromatic carbocycles. The van der Waals surface area contributed by atoms with Crippen LogP contribution in [0.1, 0.15) is 27.2 Å². The molecule has 0 radical (unpaired) electrons. The summed E-state index contributed by atoms with van der Waals surface area (Å²) < 4.78 is 0.990. The highest BCUT2D eigenvalue weighted by atomic mass is 79.9. The monoisotopic (exact) mass is 283 g/mol. The number of anilines is 1. The van der Waals surface area contributed by atoms with E-state index in [9.17, 15) is 0 Å². The lowest BCUT2D eigenvalue weighted by Gasteiger charge is -2.27. The molecule has 1 atom stereocenters. The van der Waals surface area contributed by atoms with E-state index in [0.29, 0.717) is 5.41 Å². The summed E-state index contributed by atoms with van der Waals surface area (Å²) in [6, 6.07) is 0. The normalized spacial score (nSPS) is 21.5. The minimum atomic E-state index is 0.383. The molecule has 16 heavy (non-hydrogen) atoms. The topological polar surface area (TPSA) is 29.0 Å². The van der Waals surface area contributed by atoms with E-state index in [0.717, 1.165) is 29.3 Å². The van der Waals surface area contributed by atoms with Crippen molar-refractivity contribution in [1.29, 1.82) is 0 Å². The second-order valence-corrected chi connectivity index (χ2v) is 6.35. The molecule has 1 aliphatic rings. The molecule has 2 heterocycles. The first-order valence-corrected chi connectivity index (χ1v) is 6.48. The summed E-state index contributed by atoms with van der Waals surface area (Å²) in [6.45, 7) is 9.14. The molecule has 0 bridgehead atoms. The van der Waals surface area contributed by atoms with Crippen molar-refractivity contribution >= 4 is 21.7 Å². The maximum atomic E-state index is 4.34. The molecule has 1 aromatic rings. The van der Waals surface area contributed by atoms with E-state index in [4.69, 9.17) is 0 Å². The Balaban J connectivity index is 2.13. The van der Waals surface area contributed by atoms with Crippen molar-refractivity contribution in [2.24, 2.45) is 11.3 Å². The number of hydrogen-bond donors (Lipinski definition) is 0. The van der Waals surface area contributed by atoms with E-state index in [-0.39, 0.29) is 0 Å². The van der Waals surface area contributed by atoms with E-state index in [1.165, 1.54) is 6.42 Å². The molecule has 4 heteroatoms. The molecule has 1 aromatic heterocycles. The minimum Gasteiger partial charge on any atom is -0.355 e. The molecular weight excluding hydrogens is 266 g/mol. The van der Waals surface area contributed by atoms with Crippen LogP contribution >= 0.6 is 15.9 Å². The summed E-state index contributed by atoms with van der Waals surface area (Å²) >= 11 is 3.51. The average molecular weight is 284 g/mol. The maximum Gasteiger partial charge on any atom is 0.146 e. The van der Waals surface area contributed by atoms with E-state index < -0.39 is 0 Å². The molecule has 1 fully saturated rings. The summed E-state index contributed by atoms with van der Waals surface area (Å²) in [7, 11) is 0. The highest BCUT2D eigenvalue weighted by Crippen LogP contribution is 2.36. The van der Waals surface area contributed by atoms with Gasteiger partial charge in [-0.3, -0.25) is 0 Å². The lowest BCUT2D eigenvalue weighted by molar-refractivity contribution is 0.263. The fourth-order valence-corrected chi connectivity index (χ4v) is 2.67. The predicted octanol–water partition coefficient (Wildman–Crippen LogP) is 3.11. The molecule has 3 nitrogen and oxygen atoms in total. The summed E-state index contributed by atoms with van der Waals surface area (Å²) in [6.07, 6.45) is 4.68. The highest BCUT2D eigenvalue weighted by Gasteiger charge is 2.32. The van der Waals surface area contributed by atoms with E-state index in [1.807, 2.05) is 6.20 Å². The van der Waals surface area contributed by atoms with E-state index in [2.05, 4.69) is 51.6 Å². The van der Waals surface area contributed by atoms with Crippen LogP contribution in [-0.2, 0) is 0 Å². The van der Waals surface area contributed by atoms with Crippen LogP contribution in [0.2, 0.25) is 0 Å². The van der Waals surface area contributed by atoms with Gasteiger partial charge in [-0.05, 0) is 33.7 Å². The third kappa shape index (κ3) is 2.37. The molecule has 1 saturated heterocycles. The van der Waals surface area contributed by atoms with Gasteiger partial charge in [-0.2, -0.15) is 0 Å². The second kappa shape index (κ2) is 4.32. The minimum absolute atomic E-state index is 0.383.